The lowest BCUT2D eigenvalue weighted by molar-refractivity contribution is -0.359. The molecule has 8 nitrogen and oxygen atoms in total. The SMILES string of the molecule is C=C1C(=O)OC2C1C(OC(C)=O)CC(=C)C1(OO)C=CC(C)(OO)C21. The van der Waals surface area contributed by atoms with Crippen LogP contribution in [0.4, 0.5) is 0 Å². The van der Waals surface area contributed by atoms with Crippen LogP contribution in [0.15, 0.2) is 36.5 Å². The van der Waals surface area contributed by atoms with Gasteiger partial charge in [-0.15, -0.1) is 0 Å². The van der Waals surface area contributed by atoms with E-state index in [1.807, 2.05) is 0 Å². The average Bonchev–Trinajstić information content (AvgIpc) is 2.98. The van der Waals surface area contributed by atoms with Gasteiger partial charge in [-0.2, -0.15) is 0 Å². The third kappa shape index (κ3) is 2.36. The molecule has 0 radical (unpaired) electrons. The second-order valence-corrected chi connectivity index (χ2v) is 6.85. The van der Waals surface area contributed by atoms with Crippen LogP contribution in [0.3, 0.4) is 0 Å². The largest absolute Gasteiger partial charge is 0.461 e. The summed E-state index contributed by atoms with van der Waals surface area (Å²) in [6.45, 7) is 10.5. The van der Waals surface area contributed by atoms with Crippen LogP contribution in [-0.4, -0.2) is 45.9 Å². The molecule has 2 aliphatic carbocycles. The van der Waals surface area contributed by atoms with Crippen LogP contribution < -0.4 is 0 Å². The van der Waals surface area contributed by atoms with Crippen LogP contribution in [-0.2, 0) is 28.8 Å². The van der Waals surface area contributed by atoms with Crippen molar-refractivity contribution in [2.24, 2.45) is 11.8 Å². The molecule has 25 heavy (non-hydrogen) atoms. The van der Waals surface area contributed by atoms with Gasteiger partial charge in [-0.25, -0.2) is 14.6 Å². The van der Waals surface area contributed by atoms with E-state index in [1.165, 1.54) is 19.1 Å². The molecule has 1 saturated heterocycles. The molecule has 8 heteroatoms. The molecule has 6 atom stereocenters. The van der Waals surface area contributed by atoms with Crippen molar-refractivity contribution in [3.8, 4) is 0 Å². The summed E-state index contributed by atoms with van der Waals surface area (Å²) >= 11 is 0. The van der Waals surface area contributed by atoms with Gasteiger partial charge in [0.05, 0.1) is 11.8 Å². The number of fused-ring (bicyclic) bond motifs is 3. The highest BCUT2D eigenvalue weighted by atomic mass is 17.1. The molecule has 1 saturated carbocycles. The molecule has 1 aliphatic heterocycles. The van der Waals surface area contributed by atoms with Crippen LogP contribution in [0.1, 0.15) is 20.3 Å². The highest BCUT2D eigenvalue weighted by Gasteiger charge is 2.66. The van der Waals surface area contributed by atoms with Gasteiger partial charge in [-0.1, -0.05) is 19.2 Å². The first-order valence-electron chi connectivity index (χ1n) is 7.81. The smallest absolute Gasteiger partial charge is 0.334 e. The number of carbonyl (C=O) groups excluding carboxylic acids is 2. The van der Waals surface area contributed by atoms with E-state index >= 15 is 0 Å². The minimum atomic E-state index is -1.47. The maximum absolute atomic E-state index is 12.1. The second-order valence-electron chi connectivity index (χ2n) is 6.85. The number of carbonyl (C=O) groups is 2. The summed E-state index contributed by atoms with van der Waals surface area (Å²) in [7, 11) is 0. The Morgan fingerprint density at radius 1 is 1.32 bits per heavy atom. The van der Waals surface area contributed by atoms with Gasteiger partial charge in [0, 0.05) is 18.9 Å². The molecular formula is C17H20O8. The minimum absolute atomic E-state index is 0.110. The van der Waals surface area contributed by atoms with Gasteiger partial charge < -0.3 is 9.47 Å². The van der Waals surface area contributed by atoms with E-state index in [2.05, 4.69) is 18.0 Å². The zero-order valence-electron chi connectivity index (χ0n) is 13.9. The van der Waals surface area contributed by atoms with E-state index in [0.29, 0.717) is 5.57 Å². The number of hydrogen-bond acceptors (Lipinski definition) is 8. The predicted octanol–water partition coefficient (Wildman–Crippen LogP) is 1.64. The molecule has 2 fully saturated rings. The Bertz CT molecular complexity index is 682. The Morgan fingerprint density at radius 3 is 2.56 bits per heavy atom. The summed E-state index contributed by atoms with van der Waals surface area (Å²) in [5.74, 6) is -2.73. The summed E-state index contributed by atoms with van der Waals surface area (Å²) in [5, 5.41) is 19.1. The van der Waals surface area contributed by atoms with Gasteiger partial charge in [0.2, 0.25) is 0 Å². The van der Waals surface area contributed by atoms with Gasteiger partial charge in [-0.3, -0.25) is 15.3 Å². The van der Waals surface area contributed by atoms with Crippen molar-refractivity contribution < 1.29 is 39.4 Å². The Labute approximate surface area is 144 Å². The molecule has 0 bridgehead atoms. The molecule has 0 aromatic rings. The van der Waals surface area contributed by atoms with Crippen molar-refractivity contribution in [1.29, 1.82) is 0 Å². The van der Waals surface area contributed by atoms with Crippen LogP contribution in [0.25, 0.3) is 0 Å². The van der Waals surface area contributed by atoms with Gasteiger partial charge in [0.15, 0.2) is 5.60 Å². The molecule has 3 aliphatic rings. The quantitative estimate of drug-likeness (QED) is 0.259. The molecule has 136 valence electrons. The third-order valence-electron chi connectivity index (χ3n) is 5.40. The van der Waals surface area contributed by atoms with Crippen LogP contribution in [0.5, 0.6) is 0 Å². The van der Waals surface area contributed by atoms with Gasteiger partial charge in [0.25, 0.3) is 0 Å². The van der Waals surface area contributed by atoms with Crippen LogP contribution >= 0.6 is 0 Å². The van der Waals surface area contributed by atoms with E-state index < -0.39 is 47.2 Å². The van der Waals surface area contributed by atoms with Crippen LogP contribution in [0, 0.1) is 11.8 Å². The minimum Gasteiger partial charge on any atom is -0.461 e. The molecule has 0 aromatic heterocycles. The lowest BCUT2D eigenvalue weighted by Crippen LogP contribution is -2.53. The topological polar surface area (TPSA) is 112 Å². The predicted molar refractivity (Wildman–Crippen MR) is 83.0 cm³/mol. The van der Waals surface area contributed by atoms with E-state index in [1.54, 1.807) is 6.92 Å². The Hall–Kier alpha value is -2.00. The first-order chi connectivity index (χ1) is 11.7. The fraction of sp³-hybridized carbons (Fsp3) is 0.529. The first-order valence-corrected chi connectivity index (χ1v) is 7.81. The number of rotatable bonds is 3. The summed E-state index contributed by atoms with van der Waals surface area (Å²) in [6, 6.07) is 0. The van der Waals surface area contributed by atoms with E-state index in [9.17, 15) is 20.1 Å². The van der Waals surface area contributed by atoms with Crippen molar-refractivity contribution in [1.82, 2.24) is 0 Å². The number of hydrogen-bond donors (Lipinski definition) is 2. The summed E-state index contributed by atoms with van der Waals surface area (Å²) in [6.07, 6.45) is 1.43. The van der Waals surface area contributed by atoms with Crippen molar-refractivity contribution in [3.63, 3.8) is 0 Å². The first kappa shape index (κ1) is 17.8. The third-order valence-corrected chi connectivity index (χ3v) is 5.40. The molecule has 1 heterocycles. The zero-order valence-corrected chi connectivity index (χ0v) is 13.9. The normalized spacial score (nSPS) is 42.6. The highest BCUT2D eigenvalue weighted by molar-refractivity contribution is 5.91. The molecule has 6 unspecified atom stereocenters. The monoisotopic (exact) mass is 352 g/mol. The fourth-order valence-electron chi connectivity index (χ4n) is 4.25. The van der Waals surface area contributed by atoms with Crippen molar-refractivity contribution in [3.05, 3.63) is 36.5 Å². The Kier molecular flexibility index (Phi) is 4.11. The van der Waals surface area contributed by atoms with Crippen LogP contribution in [0.2, 0.25) is 0 Å². The summed E-state index contributed by atoms with van der Waals surface area (Å²) in [5.41, 5.74) is -2.27. The molecule has 0 amide bonds. The molecule has 0 spiro atoms. The fourth-order valence-corrected chi connectivity index (χ4v) is 4.25. The van der Waals surface area contributed by atoms with E-state index in [0.717, 1.165) is 0 Å². The number of esters is 2. The van der Waals surface area contributed by atoms with Gasteiger partial charge in [0.1, 0.15) is 17.8 Å². The van der Waals surface area contributed by atoms with Gasteiger partial charge in [-0.05, 0) is 18.6 Å². The Balaban J connectivity index is 2.16. The lowest BCUT2D eigenvalue weighted by atomic mass is 9.73. The number of ether oxygens (including phenoxy) is 2. The lowest BCUT2D eigenvalue weighted by Gasteiger charge is -2.40. The average molecular weight is 352 g/mol. The summed E-state index contributed by atoms with van der Waals surface area (Å²) in [4.78, 5) is 33.1. The van der Waals surface area contributed by atoms with E-state index in [4.69, 9.17) is 14.4 Å². The molecule has 3 rings (SSSR count). The van der Waals surface area contributed by atoms with E-state index in [-0.39, 0.29) is 12.0 Å². The second kappa shape index (κ2) is 5.77. The highest BCUT2D eigenvalue weighted by Crippen LogP contribution is 2.55. The Morgan fingerprint density at radius 2 is 2.00 bits per heavy atom. The van der Waals surface area contributed by atoms with Gasteiger partial charge >= 0.3 is 11.9 Å². The van der Waals surface area contributed by atoms with Crippen molar-refractivity contribution >= 4 is 11.9 Å². The zero-order chi connectivity index (χ0) is 18.6. The maximum atomic E-state index is 12.1. The standard InChI is InChI=1S/C17H20O8/c1-8-7-11(22-10(3)18)12-9(2)15(19)23-13(12)14-16(4,24-20)5-6-17(8,14)25-21/h5-6,11-14,20-21H,1-2,7H2,3-4H3. The molecule has 0 aromatic carbocycles. The van der Waals surface area contributed by atoms with Crippen molar-refractivity contribution in [2.45, 2.75) is 43.7 Å². The van der Waals surface area contributed by atoms with Crippen molar-refractivity contribution in [2.75, 3.05) is 0 Å². The molecular weight excluding hydrogens is 332 g/mol. The maximum Gasteiger partial charge on any atom is 0.334 e. The summed E-state index contributed by atoms with van der Waals surface area (Å²) < 4.78 is 10.8. The molecule has 2 N–H and O–H groups in total.